The Morgan fingerprint density at radius 3 is 2.88 bits per heavy atom. The molecule has 2 heterocycles. The molecule has 4 rings (SSSR count). The fourth-order valence-electron chi connectivity index (χ4n) is 4.58. The van der Waals surface area contributed by atoms with Crippen molar-refractivity contribution in [3.8, 4) is 5.75 Å². The van der Waals surface area contributed by atoms with Gasteiger partial charge in [0.05, 0.1) is 18.1 Å². The summed E-state index contributed by atoms with van der Waals surface area (Å²) >= 11 is 0. The number of carbonyl (C=O) groups excluding carboxylic acids is 1. The Balaban J connectivity index is 1.36. The van der Waals surface area contributed by atoms with E-state index in [4.69, 9.17) is 18.9 Å². The van der Waals surface area contributed by atoms with Gasteiger partial charge in [-0.25, -0.2) is 0 Å². The standard InChI is InChI=1S/C23H27F3O6/c24-23(25,26)14-4-3-5-16(10-14)30-13-15(27)7-8-17-18-11-21(28)31-20(18)12-19(17)32-22-6-1-2-9-29-22/h3-5,7-8,10,15,17-20,22,27H,1-2,6,9,11-13H2/b8-7+/t15-,17-,18-,19-,20+,22?/m1/s1. The normalized spacial score (nSPS) is 31.5. The van der Waals surface area contributed by atoms with Crippen molar-refractivity contribution in [2.75, 3.05) is 13.2 Å². The molecule has 0 aromatic heterocycles. The van der Waals surface area contributed by atoms with Gasteiger partial charge in [0.25, 0.3) is 0 Å². The van der Waals surface area contributed by atoms with Crippen molar-refractivity contribution in [3.63, 3.8) is 0 Å². The zero-order valence-electron chi connectivity index (χ0n) is 17.5. The number of hydrogen-bond donors (Lipinski definition) is 1. The van der Waals surface area contributed by atoms with Crippen LogP contribution >= 0.6 is 0 Å². The Labute approximate surface area is 184 Å². The first-order valence-corrected chi connectivity index (χ1v) is 10.9. The van der Waals surface area contributed by atoms with Crippen LogP contribution in [0.5, 0.6) is 5.75 Å². The van der Waals surface area contributed by atoms with Gasteiger partial charge in [0.15, 0.2) is 6.29 Å². The number of carbonyl (C=O) groups is 1. The fraction of sp³-hybridized carbons (Fsp3) is 0.609. The van der Waals surface area contributed by atoms with Gasteiger partial charge in [0.1, 0.15) is 24.6 Å². The van der Waals surface area contributed by atoms with Crippen LogP contribution in [0.4, 0.5) is 13.2 Å². The minimum absolute atomic E-state index is 0.0265. The molecule has 2 saturated heterocycles. The number of hydrogen-bond acceptors (Lipinski definition) is 6. The lowest BCUT2D eigenvalue weighted by Crippen LogP contribution is -2.31. The summed E-state index contributed by atoms with van der Waals surface area (Å²) in [4.78, 5) is 11.7. The van der Waals surface area contributed by atoms with Crippen LogP contribution in [-0.4, -0.2) is 48.9 Å². The third kappa shape index (κ3) is 5.63. The second-order valence-electron chi connectivity index (χ2n) is 8.47. The number of alkyl halides is 3. The van der Waals surface area contributed by atoms with Gasteiger partial charge in [-0.15, -0.1) is 0 Å². The van der Waals surface area contributed by atoms with Crippen molar-refractivity contribution in [2.24, 2.45) is 11.8 Å². The lowest BCUT2D eigenvalue weighted by atomic mass is 9.91. The molecule has 3 fully saturated rings. The summed E-state index contributed by atoms with van der Waals surface area (Å²) in [6.07, 6.45) is 0.871. The van der Waals surface area contributed by atoms with E-state index in [0.29, 0.717) is 19.4 Å². The molecule has 0 radical (unpaired) electrons. The summed E-state index contributed by atoms with van der Waals surface area (Å²) in [6, 6.07) is 4.52. The molecule has 32 heavy (non-hydrogen) atoms. The van der Waals surface area contributed by atoms with E-state index in [2.05, 4.69) is 0 Å². The molecule has 6 nitrogen and oxygen atoms in total. The van der Waals surface area contributed by atoms with E-state index in [0.717, 1.165) is 31.4 Å². The van der Waals surface area contributed by atoms with Crippen molar-refractivity contribution in [2.45, 2.75) is 62.9 Å². The van der Waals surface area contributed by atoms with Crippen molar-refractivity contribution in [1.29, 1.82) is 0 Å². The lowest BCUT2D eigenvalue weighted by Gasteiger charge is -2.28. The van der Waals surface area contributed by atoms with E-state index >= 15 is 0 Å². The average Bonchev–Trinajstić information content (AvgIpc) is 3.26. The van der Waals surface area contributed by atoms with Crippen molar-refractivity contribution in [3.05, 3.63) is 42.0 Å². The molecule has 1 N–H and O–H groups in total. The first-order chi connectivity index (χ1) is 15.3. The van der Waals surface area contributed by atoms with Gasteiger partial charge in [0.2, 0.25) is 0 Å². The highest BCUT2D eigenvalue weighted by Crippen LogP contribution is 2.44. The van der Waals surface area contributed by atoms with Crippen LogP contribution in [0.1, 0.15) is 37.7 Å². The number of fused-ring (bicyclic) bond motifs is 1. The number of rotatable bonds is 7. The molecule has 176 valence electrons. The molecule has 1 saturated carbocycles. The molecule has 1 aliphatic carbocycles. The molecule has 9 heteroatoms. The third-order valence-electron chi connectivity index (χ3n) is 6.15. The van der Waals surface area contributed by atoms with E-state index in [1.54, 1.807) is 12.2 Å². The van der Waals surface area contributed by atoms with Crippen molar-refractivity contribution >= 4 is 5.97 Å². The van der Waals surface area contributed by atoms with E-state index in [-0.39, 0.29) is 48.7 Å². The van der Waals surface area contributed by atoms with Gasteiger partial charge in [-0.05, 0) is 37.5 Å². The van der Waals surface area contributed by atoms with Crippen molar-refractivity contribution in [1.82, 2.24) is 0 Å². The predicted octanol–water partition coefficient (Wildman–Crippen LogP) is 3.86. The van der Waals surface area contributed by atoms with Crippen LogP contribution in [0.3, 0.4) is 0 Å². The van der Waals surface area contributed by atoms with Gasteiger partial charge in [-0.2, -0.15) is 13.2 Å². The Bertz CT molecular complexity index is 820. The Hall–Kier alpha value is -2.10. The summed E-state index contributed by atoms with van der Waals surface area (Å²) in [5.41, 5.74) is -0.812. The summed E-state index contributed by atoms with van der Waals surface area (Å²) in [7, 11) is 0. The first kappa shape index (κ1) is 23.1. The minimum Gasteiger partial charge on any atom is -0.491 e. The minimum atomic E-state index is -4.46. The van der Waals surface area contributed by atoms with E-state index < -0.39 is 17.8 Å². The Kier molecular flexibility index (Phi) is 7.07. The summed E-state index contributed by atoms with van der Waals surface area (Å²) in [5.74, 6) is -0.387. The van der Waals surface area contributed by atoms with Crippen LogP contribution in [-0.2, 0) is 25.2 Å². The number of benzene rings is 1. The Morgan fingerprint density at radius 2 is 2.12 bits per heavy atom. The second kappa shape index (κ2) is 9.80. The molecule has 0 bridgehead atoms. The molecular weight excluding hydrogens is 429 g/mol. The SMILES string of the molecule is O=C1C[C@@H]2[C@@H](/C=C/[C@@H](O)COc3cccc(C(F)(F)F)c3)[C@H](OC3CCCCO3)C[C@@H]2O1. The molecule has 0 spiro atoms. The highest BCUT2D eigenvalue weighted by molar-refractivity contribution is 5.72. The van der Waals surface area contributed by atoms with Gasteiger partial charge in [0, 0.05) is 24.9 Å². The Morgan fingerprint density at radius 1 is 1.28 bits per heavy atom. The maximum atomic E-state index is 12.8. The van der Waals surface area contributed by atoms with Crippen LogP contribution in [0.2, 0.25) is 0 Å². The molecule has 1 unspecified atom stereocenters. The highest BCUT2D eigenvalue weighted by atomic mass is 19.4. The lowest BCUT2D eigenvalue weighted by molar-refractivity contribution is -0.194. The van der Waals surface area contributed by atoms with Gasteiger partial charge >= 0.3 is 12.1 Å². The topological polar surface area (TPSA) is 74.2 Å². The monoisotopic (exact) mass is 456 g/mol. The fourth-order valence-corrected chi connectivity index (χ4v) is 4.58. The molecule has 1 aromatic rings. The van der Waals surface area contributed by atoms with Crippen LogP contribution in [0.25, 0.3) is 0 Å². The molecule has 6 atom stereocenters. The maximum Gasteiger partial charge on any atom is 0.416 e. The summed E-state index contributed by atoms with van der Waals surface area (Å²) in [5, 5.41) is 10.3. The van der Waals surface area contributed by atoms with Gasteiger partial charge in [-0.3, -0.25) is 4.79 Å². The number of aliphatic hydroxyl groups is 1. The molecule has 1 aromatic carbocycles. The van der Waals surface area contributed by atoms with Gasteiger partial charge in [-0.1, -0.05) is 18.2 Å². The van der Waals surface area contributed by atoms with Crippen LogP contribution in [0.15, 0.2) is 36.4 Å². The second-order valence-corrected chi connectivity index (χ2v) is 8.47. The average molecular weight is 456 g/mol. The largest absolute Gasteiger partial charge is 0.491 e. The quantitative estimate of drug-likeness (QED) is 0.496. The zero-order chi connectivity index (χ0) is 22.7. The number of esters is 1. The number of aliphatic hydroxyl groups excluding tert-OH is 1. The zero-order valence-corrected chi connectivity index (χ0v) is 17.5. The summed E-state index contributed by atoms with van der Waals surface area (Å²) < 4.78 is 61.1. The van der Waals surface area contributed by atoms with Gasteiger partial charge < -0.3 is 24.1 Å². The maximum absolute atomic E-state index is 12.8. The third-order valence-corrected chi connectivity index (χ3v) is 6.15. The summed E-state index contributed by atoms with van der Waals surface area (Å²) in [6.45, 7) is 0.455. The van der Waals surface area contributed by atoms with E-state index in [1.807, 2.05) is 0 Å². The smallest absolute Gasteiger partial charge is 0.416 e. The number of halogens is 3. The highest BCUT2D eigenvalue weighted by Gasteiger charge is 2.50. The van der Waals surface area contributed by atoms with E-state index in [9.17, 15) is 23.1 Å². The van der Waals surface area contributed by atoms with E-state index in [1.165, 1.54) is 12.1 Å². The first-order valence-electron chi connectivity index (χ1n) is 10.9. The molecule has 0 amide bonds. The number of ether oxygens (including phenoxy) is 4. The van der Waals surface area contributed by atoms with Crippen molar-refractivity contribution < 1.29 is 42.0 Å². The van der Waals surface area contributed by atoms with Crippen LogP contribution in [0, 0.1) is 11.8 Å². The molecule has 2 aliphatic heterocycles. The molecular formula is C23H27F3O6. The van der Waals surface area contributed by atoms with Crippen LogP contribution < -0.4 is 4.74 Å². The molecule has 3 aliphatic rings. The predicted molar refractivity (Wildman–Crippen MR) is 107 cm³/mol.